The number of hydrogen-bond acceptors (Lipinski definition) is 2. The van der Waals surface area contributed by atoms with Crippen LogP contribution in [0.25, 0.3) is 0 Å². The van der Waals surface area contributed by atoms with E-state index in [-0.39, 0.29) is 0 Å². The number of piperidine rings is 1. The molecule has 1 saturated heterocycles. The van der Waals surface area contributed by atoms with Crippen molar-refractivity contribution in [2.75, 3.05) is 13.1 Å². The Morgan fingerprint density at radius 3 is 3.06 bits per heavy atom. The molecule has 0 radical (unpaired) electrons. The van der Waals surface area contributed by atoms with E-state index in [2.05, 4.69) is 29.8 Å². The molecule has 1 atom stereocenters. The summed E-state index contributed by atoms with van der Waals surface area (Å²) in [4.78, 5) is 6.84. The molecule has 2 heteroatoms. The first-order valence-corrected chi connectivity index (χ1v) is 6.41. The minimum atomic E-state index is 0.909. The Bertz CT molecular complexity index is 335. The second-order valence-corrected chi connectivity index (χ2v) is 5.02. The van der Waals surface area contributed by atoms with Crippen molar-refractivity contribution < 1.29 is 0 Å². The molecule has 88 valence electrons. The molecule has 0 saturated carbocycles. The quantitative estimate of drug-likeness (QED) is 0.775. The van der Waals surface area contributed by atoms with Gasteiger partial charge in [0.1, 0.15) is 0 Å². The van der Waals surface area contributed by atoms with Crippen LogP contribution in [-0.2, 0) is 6.54 Å². The predicted octanol–water partition coefficient (Wildman–Crippen LogP) is 3.01. The highest BCUT2D eigenvalue weighted by Crippen LogP contribution is 2.20. The smallest absolute Gasteiger partial charge is 0.0313 e. The lowest BCUT2D eigenvalue weighted by atomic mass is 9.95. The maximum absolute atomic E-state index is 4.26. The Kier molecular flexibility index (Phi) is 3.94. The fraction of sp³-hybridized carbons (Fsp3) is 0.643. The lowest BCUT2D eigenvalue weighted by molar-refractivity contribution is 0.164. The topological polar surface area (TPSA) is 16.1 Å². The Morgan fingerprint density at radius 2 is 2.31 bits per heavy atom. The number of likely N-dealkylation sites (tertiary alicyclic amines) is 1. The van der Waals surface area contributed by atoms with Gasteiger partial charge in [-0.05, 0) is 43.4 Å². The molecular formula is C14H22N2. The van der Waals surface area contributed by atoms with Gasteiger partial charge in [0.15, 0.2) is 0 Å². The molecule has 2 rings (SSSR count). The van der Waals surface area contributed by atoms with Gasteiger partial charge in [-0.15, -0.1) is 0 Å². The van der Waals surface area contributed by atoms with Gasteiger partial charge in [0.05, 0.1) is 0 Å². The van der Waals surface area contributed by atoms with E-state index < -0.39 is 0 Å². The van der Waals surface area contributed by atoms with Crippen LogP contribution in [0.4, 0.5) is 0 Å². The first-order chi connectivity index (χ1) is 7.78. The van der Waals surface area contributed by atoms with E-state index in [1.807, 2.05) is 12.4 Å². The lowest BCUT2D eigenvalue weighted by Crippen LogP contribution is -2.34. The molecule has 0 aromatic carbocycles. The van der Waals surface area contributed by atoms with E-state index in [0.717, 1.165) is 12.5 Å². The summed E-state index contributed by atoms with van der Waals surface area (Å²) in [6.45, 7) is 8.02. The molecule has 0 aliphatic carbocycles. The van der Waals surface area contributed by atoms with Crippen LogP contribution in [0.1, 0.15) is 37.3 Å². The van der Waals surface area contributed by atoms with Gasteiger partial charge in [-0.25, -0.2) is 0 Å². The number of nitrogens with zero attached hydrogens (tertiary/aromatic N) is 2. The Hall–Kier alpha value is -0.890. The molecule has 0 amide bonds. The average molecular weight is 218 g/mol. The summed E-state index contributed by atoms with van der Waals surface area (Å²) in [5.74, 6) is 0.909. The fourth-order valence-electron chi connectivity index (χ4n) is 2.59. The van der Waals surface area contributed by atoms with Crippen molar-refractivity contribution in [3.63, 3.8) is 0 Å². The zero-order chi connectivity index (χ0) is 11.4. The van der Waals surface area contributed by atoms with Crippen molar-refractivity contribution in [3.8, 4) is 0 Å². The second kappa shape index (κ2) is 5.44. The Balaban J connectivity index is 1.94. The SMILES string of the molecule is CC[C@H]1CCCN(Cc2cncc(C)c2)C1. The number of pyridine rings is 1. The molecule has 1 fully saturated rings. The number of aromatic nitrogens is 1. The molecule has 1 aromatic heterocycles. The zero-order valence-corrected chi connectivity index (χ0v) is 10.4. The van der Waals surface area contributed by atoms with E-state index in [4.69, 9.17) is 0 Å². The molecule has 1 aliphatic rings. The fourth-order valence-corrected chi connectivity index (χ4v) is 2.59. The van der Waals surface area contributed by atoms with Crippen LogP contribution in [-0.4, -0.2) is 23.0 Å². The van der Waals surface area contributed by atoms with Gasteiger partial charge in [0, 0.05) is 25.5 Å². The Labute approximate surface area is 98.7 Å². The third-order valence-electron chi connectivity index (χ3n) is 3.52. The van der Waals surface area contributed by atoms with Crippen LogP contribution in [0.5, 0.6) is 0 Å². The highest BCUT2D eigenvalue weighted by molar-refractivity contribution is 5.16. The lowest BCUT2D eigenvalue weighted by Gasteiger charge is -2.32. The number of aryl methyl sites for hydroxylation is 1. The highest BCUT2D eigenvalue weighted by Gasteiger charge is 2.18. The van der Waals surface area contributed by atoms with Crippen molar-refractivity contribution in [1.82, 2.24) is 9.88 Å². The standard InChI is InChI=1S/C14H22N2/c1-3-13-5-4-6-16(10-13)11-14-7-12(2)8-15-9-14/h7-9,13H,3-6,10-11H2,1-2H3/t13-/m0/s1. The van der Waals surface area contributed by atoms with E-state index in [9.17, 15) is 0 Å². The first-order valence-electron chi connectivity index (χ1n) is 6.41. The predicted molar refractivity (Wildman–Crippen MR) is 67.3 cm³/mol. The largest absolute Gasteiger partial charge is 0.299 e. The van der Waals surface area contributed by atoms with Gasteiger partial charge in [-0.1, -0.05) is 19.4 Å². The molecule has 1 aliphatic heterocycles. The third-order valence-corrected chi connectivity index (χ3v) is 3.52. The van der Waals surface area contributed by atoms with E-state index >= 15 is 0 Å². The van der Waals surface area contributed by atoms with Crippen LogP contribution in [0.15, 0.2) is 18.5 Å². The summed E-state index contributed by atoms with van der Waals surface area (Å²) in [5.41, 5.74) is 2.62. The molecule has 1 aromatic rings. The van der Waals surface area contributed by atoms with Gasteiger partial charge < -0.3 is 0 Å². The highest BCUT2D eigenvalue weighted by atomic mass is 15.1. The first kappa shape index (κ1) is 11.6. The molecule has 0 spiro atoms. The molecule has 0 N–H and O–H groups in total. The van der Waals surface area contributed by atoms with E-state index in [1.165, 1.54) is 43.5 Å². The normalized spacial score (nSPS) is 22.2. The maximum atomic E-state index is 4.26. The monoisotopic (exact) mass is 218 g/mol. The molecule has 2 nitrogen and oxygen atoms in total. The number of hydrogen-bond donors (Lipinski definition) is 0. The van der Waals surface area contributed by atoms with Gasteiger partial charge >= 0.3 is 0 Å². The van der Waals surface area contributed by atoms with Gasteiger partial charge in [0.25, 0.3) is 0 Å². The van der Waals surface area contributed by atoms with Crippen molar-refractivity contribution >= 4 is 0 Å². The van der Waals surface area contributed by atoms with Crippen molar-refractivity contribution in [3.05, 3.63) is 29.6 Å². The van der Waals surface area contributed by atoms with Gasteiger partial charge in [-0.2, -0.15) is 0 Å². The van der Waals surface area contributed by atoms with Crippen LogP contribution in [0.3, 0.4) is 0 Å². The van der Waals surface area contributed by atoms with Crippen LogP contribution >= 0.6 is 0 Å². The molecular weight excluding hydrogens is 196 g/mol. The van der Waals surface area contributed by atoms with E-state index in [1.54, 1.807) is 0 Å². The summed E-state index contributed by atoms with van der Waals surface area (Å²) >= 11 is 0. The van der Waals surface area contributed by atoms with Crippen molar-refractivity contribution in [1.29, 1.82) is 0 Å². The van der Waals surface area contributed by atoms with Crippen molar-refractivity contribution in [2.24, 2.45) is 5.92 Å². The zero-order valence-electron chi connectivity index (χ0n) is 10.4. The summed E-state index contributed by atoms with van der Waals surface area (Å²) in [6, 6.07) is 2.25. The minimum absolute atomic E-state index is 0.909. The second-order valence-electron chi connectivity index (χ2n) is 5.02. The van der Waals surface area contributed by atoms with Crippen LogP contribution in [0.2, 0.25) is 0 Å². The Morgan fingerprint density at radius 1 is 1.44 bits per heavy atom. The van der Waals surface area contributed by atoms with Gasteiger partial charge in [-0.3, -0.25) is 9.88 Å². The minimum Gasteiger partial charge on any atom is -0.299 e. The summed E-state index contributed by atoms with van der Waals surface area (Å²) in [5, 5.41) is 0. The maximum Gasteiger partial charge on any atom is 0.0313 e. The van der Waals surface area contributed by atoms with Crippen LogP contribution in [0, 0.1) is 12.8 Å². The summed E-state index contributed by atoms with van der Waals surface area (Å²) in [7, 11) is 0. The molecule has 2 heterocycles. The van der Waals surface area contributed by atoms with Gasteiger partial charge in [0.2, 0.25) is 0 Å². The van der Waals surface area contributed by atoms with Crippen LogP contribution < -0.4 is 0 Å². The summed E-state index contributed by atoms with van der Waals surface area (Å²) < 4.78 is 0. The number of rotatable bonds is 3. The molecule has 0 bridgehead atoms. The third kappa shape index (κ3) is 3.05. The summed E-state index contributed by atoms with van der Waals surface area (Å²) in [6.07, 6.45) is 8.02. The van der Waals surface area contributed by atoms with Crippen molar-refractivity contribution in [2.45, 2.75) is 39.7 Å². The molecule has 16 heavy (non-hydrogen) atoms. The van der Waals surface area contributed by atoms with E-state index in [0.29, 0.717) is 0 Å². The average Bonchev–Trinajstić information content (AvgIpc) is 2.29. The molecule has 0 unspecified atom stereocenters.